The van der Waals surface area contributed by atoms with Crippen LogP contribution in [0.3, 0.4) is 0 Å². The first kappa shape index (κ1) is 8.92. The molecule has 56 valence electrons. The molecule has 0 bridgehead atoms. The summed E-state index contributed by atoms with van der Waals surface area (Å²) in [5, 5.41) is 0. The molecule has 0 aliphatic carbocycles. The van der Waals surface area contributed by atoms with Gasteiger partial charge < -0.3 is 4.74 Å². The molecule has 0 saturated heterocycles. The minimum Gasteiger partial charge on any atom is -0.419 e. The minimum absolute atomic E-state index is 0.0926. The summed E-state index contributed by atoms with van der Waals surface area (Å²) in [5.74, 6) is 1.18. The Morgan fingerprint density at radius 3 is 2.50 bits per heavy atom. The molecule has 0 aromatic carbocycles. The smallest absolute Gasteiger partial charge is 0.308 e. The average Bonchev–Trinajstić information content (AvgIpc) is 1.86. The molecule has 10 heavy (non-hydrogen) atoms. The summed E-state index contributed by atoms with van der Waals surface area (Å²) in [7, 11) is 0. The molecule has 0 amide bonds. The molecular weight excluding hydrogens is 132 g/mol. The van der Waals surface area contributed by atoms with Crippen molar-refractivity contribution in [2.24, 2.45) is 0 Å². The Labute approximate surface area is 59.7 Å². The van der Waals surface area contributed by atoms with E-state index in [1.807, 2.05) is 6.92 Å². The maximum Gasteiger partial charge on any atom is 0.308 e. The summed E-state index contributed by atoms with van der Waals surface area (Å²) in [4.78, 5) is 20.3. The largest absolute Gasteiger partial charge is 0.419 e. The summed E-state index contributed by atoms with van der Waals surface area (Å²) in [6.07, 6.45) is 1.25. The van der Waals surface area contributed by atoms with Crippen molar-refractivity contribution in [1.82, 2.24) is 0 Å². The van der Waals surface area contributed by atoms with Gasteiger partial charge in [-0.1, -0.05) is 6.92 Å². The van der Waals surface area contributed by atoms with Crippen molar-refractivity contribution < 1.29 is 14.3 Å². The van der Waals surface area contributed by atoms with Gasteiger partial charge in [-0.15, -0.1) is 0 Å². The Bertz CT molecular complexity index is 166. The van der Waals surface area contributed by atoms with E-state index >= 15 is 0 Å². The van der Waals surface area contributed by atoms with E-state index in [-0.39, 0.29) is 5.76 Å². The predicted octanol–water partition coefficient (Wildman–Crippen LogP) is 1.07. The predicted molar refractivity (Wildman–Crippen MR) is 35.9 cm³/mol. The summed E-state index contributed by atoms with van der Waals surface area (Å²) in [5.41, 5.74) is 0. The van der Waals surface area contributed by atoms with Crippen LogP contribution in [0.15, 0.2) is 5.76 Å². The third-order valence-corrected chi connectivity index (χ3v) is 0.858. The highest BCUT2D eigenvalue weighted by molar-refractivity contribution is 5.69. The second-order valence-electron chi connectivity index (χ2n) is 1.87. The molecule has 0 aromatic rings. The van der Waals surface area contributed by atoms with E-state index in [2.05, 4.69) is 4.74 Å². The number of carbonyl (C=O) groups is 1. The number of allylic oxidation sites excluding steroid dienone is 1. The van der Waals surface area contributed by atoms with E-state index in [0.29, 0.717) is 6.42 Å². The van der Waals surface area contributed by atoms with Crippen LogP contribution in [-0.2, 0) is 14.3 Å². The third-order valence-electron chi connectivity index (χ3n) is 0.858. The van der Waals surface area contributed by atoms with Crippen molar-refractivity contribution in [1.29, 1.82) is 0 Å². The molecule has 0 radical (unpaired) electrons. The fourth-order valence-electron chi connectivity index (χ4n) is 0.523. The highest BCUT2D eigenvalue weighted by Crippen LogP contribution is 2.01. The normalized spacial score (nSPS) is 8.20. The fraction of sp³-hybridized carbons (Fsp3) is 0.571. The van der Waals surface area contributed by atoms with Crippen LogP contribution in [0.25, 0.3) is 0 Å². The van der Waals surface area contributed by atoms with E-state index in [1.54, 1.807) is 5.94 Å². The van der Waals surface area contributed by atoms with Crippen molar-refractivity contribution in [2.45, 2.75) is 26.7 Å². The summed E-state index contributed by atoms with van der Waals surface area (Å²) >= 11 is 0. The van der Waals surface area contributed by atoms with E-state index in [9.17, 15) is 9.59 Å². The molecular formula is C7H10O3. The van der Waals surface area contributed by atoms with Gasteiger partial charge in [0, 0.05) is 13.3 Å². The van der Waals surface area contributed by atoms with Crippen LogP contribution in [0.1, 0.15) is 26.7 Å². The average molecular weight is 142 g/mol. The van der Waals surface area contributed by atoms with E-state index in [0.717, 1.165) is 6.42 Å². The first-order chi connectivity index (χ1) is 4.70. The molecule has 0 aliphatic heterocycles. The molecule has 0 spiro atoms. The van der Waals surface area contributed by atoms with Gasteiger partial charge in [0.15, 0.2) is 11.7 Å². The standard InChI is InChI=1S/C7H10O3/c1-3-4-7(5-8)10-6(2)9/h3-4H2,1-2H3. The number of hydrogen-bond acceptors (Lipinski definition) is 3. The summed E-state index contributed by atoms with van der Waals surface area (Å²) in [6.45, 7) is 3.15. The molecule has 3 nitrogen and oxygen atoms in total. The highest BCUT2D eigenvalue weighted by Gasteiger charge is 2.00. The molecule has 0 aromatic heterocycles. The molecule has 0 aliphatic rings. The van der Waals surface area contributed by atoms with Crippen LogP contribution in [0.5, 0.6) is 0 Å². The quantitative estimate of drug-likeness (QED) is 0.336. The zero-order valence-corrected chi connectivity index (χ0v) is 6.14. The monoisotopic (exact) mass is 142 g/mol. The van der Waals surface area contributed by atoms with Crippen LogP contribution >= 0.6 is 0 Å². The zero-order valence-electron chi connectivity index (χ0n) is 6.14. The zero-order chi connectivity index (χ0) is 7.98. The lowest BCUT2D eigenvalue weighted by Crippen LogP contribution is -1.98. The van der Waals surface area contributed by atoms with Crippen molar-refractivity contribution in [3.8, 4) is 0 Å². The molecule has 0 N–H and O–H groups in total. The van der Waals surface area contributed by atoms with Crippen LogP contribution in [0.4, 0.5) is 0 Å². The molecule has 3 heteroatoms. The number of hydrogen-bond donors (Lipinski definition) is 0. The molecule has 0 fully saturated rings. The van der Waals surface area contributed by atoms with Gasteiger partial charge in [0.05, 0.1) is 0 Å². The molecule has 0 saturated carbocycles. The lowest BCUT2D eigenvalue weighted by atomic mass is 10.3. The lowest BCUT2D eigenvalue weighted by molar-refractivity contribution is -0.136. The van der Waals surface area contributed by atoms with Gasteiger partial charge in [-0.05, 0) is 6.42 Å². The molecule has 0 unspecified atom stereocenters. The van der Waals surface area contributed by atoms with E-state index in [4.69, 9.17) is 0 Å². The number of rotatable bonds is 3. The third kappa shape index (κ3) is 3.87. The maximum absolute atomic E-state index is 10.3. The van der Waals surface area contributed by atoms with Crippen molar-refractivity contribution >= 4 is 11.9 Å². The number of ether oxygens (including phenoxy) is 1. The highest BCUT2D eigenvalue weighted by atomic mass is 16.5. The first-order valence-corrected chi connectivity index (χ1v) is 3.13. The Morgan fingerprint density at radius 2 is 2.20 bits per heavy atom. The Kier molecular flexibility index (Phi) is 4.25. The summed E-state index contributed by atoms with van der Waals surface area (Å²) in [6, 6.07) is 0. The Hall–Kier alpha value is -1.08. The lowest BCUT2D eigenvalue weighted by Gasteiger charge is -1.98. The van der Waals surface area contributed by atoms with Crippen LogP contribution in [-0.4, -0.2) is 11.9 Å². The topological polar surface area (TPSA) is 43.4 Å². The van der Waals surface area contributed by atoms with Gasteiger partial charge in [-0.2, -0.15) is 0 Å². The summed E-state index contributed by atoms with van der Waals surface area (Å²) < 4.78 is 4.49. The number of carbonyl (C=O) groups excluding carboxylic acids is 2. The van der Waals surface area contributed by atoms with E-state index in [1.165, 1.54) is 6.92 Å². The number of esters is 1. The van der Waals surface area contributed by atoms with Gasteiger partial charge >= 0.3 is 5.97 Å². The molecule has 0 rings (SSSR count). The molecule has 0 atom stereocenters. The Balaban J connectivity index is 3.86. The van der Waals surface area contributed by atoms with Crippen molar-refractivity contribution in [3.05, 3.63) is 5.76 Å². The van der Waals surface area contributed by atoms with Gasteiger partial charge in [-0.25, -0.2) is 4.79 Å². The minimum atomic E-state index is -0.466. The van der Waals surface area contributed by atoms with Gasteiger partial charge in [0.2, 0.25) is 0 Å². The van der Waals surface area contributed by atoms with Crippen LogP contribution in [0, 0.1) is 0 Å². The second kappa shape index (κ2) is 4.77. The fourth-order valence-corrected chi connectivity index (χ4v) is 0.523. The van der Waals surface area contributed by atoms with Crippen molar-refractivity contribution in [2.75, 3.05) is 0 Å². The van der Waals surface area contributed by atoms with E-state index < -0.39 is 5.97 Å². The van der Waals surface area contributed by atoms with Crippen LogP contribution in [0.2, 0.25) is 0 Å². The first-order valence-electron chi connectivity index (χ1n) is 3.13. The van der Waals surface area contributed by atoms with Gasteiger partial charge in [-0.3, -0.25) is 4.79 Å². The maximum atomic E-state index is 10.3. The van der Waals surface area contributed by atoms with Gasteiger partial charge in [0.25, 0.3) is 0 Å². The SMILES string of the molecule is CCCC(=C=O)OC(C)=O. The second-order valence-corrected chi connectivity index (χ2v) is 1.87. The van der Waals surface area contributed by atoms with Crippen molar-refractivity contribution in [3.63, 3.8) is 0 Å². The Morgan fingerprint density at radius 1 is 1.60 bits per heavy atom. The van der Waals surface area contributed by atoms with Crippen LogP contribution < -0.4 is 0 Å². The van der Waals surface area contributed by atoms with Gasteiger partial charge in [0.1, 0.15) is 0 Å². The molecule has 0 heterocycles.